The topological polar surface area (TPSA) is 77.8 Å². The van der Waals surface area contributed by atoms with E-state index < -0.39 is 5.97 Å². The highest BCUT2D eigenvalue weighted by atomic mass is 16.4. The summed E-state index contributed by atoms with van der Waals surface area (Å²) in [6, 6.07) is 2.47. The molecule has 0 amide bonds. The zero-order valence-corrected chi connectivity index (χ0v) is 7.82. The van der Waals surface area contributed by atoms with Crippen molar-refractivity contribution in [1.29, 1.82) is 0 Å². The first-order valence-corrected chi connectivity index (χ1v) is 4.35. The summed E-state index contributed by atoms with van der Waals surface area (Å²) in [5.74, 6) is -1.70. The number of rotatable bonds is 3. The van der Waals surface area contributed by atoms with Crippen molar-refractivity contribution >= 4 is 5.97 Å². The van der Waals surface area contributed by atoms with Crippen molar-refractivity contribution in [2.45, 2.75) is 19.8 Å². The van der Waals surface area contributed by atoms with Gasteiger partial charge in [-0.05, 0) is 18.6 Å². The van der Waals surface area contributed by atoms with Gasteiger partial charge in [0.05, 0.1) is 5.56 Å². The zero-order chi connectivity index (χ0) is 10.7. The number of carboxylic acids is 1. The third-order valence-electron chi connectivity index (χ3n) is 1.99. The molecule has 0 aliphatic heterocycles. The van der Waals surface area contributed by atoms with Crippen LogP contribution in [0.15, 0.2) is 12.1 Å². The second kappa shape index (κ2) is 4.00. The quantitative estimate of drug-likeness (QED) is 0.643. The molecule has 0 radical (unpaired) electrons. The molecule has 0 unspecified atom stereocenters. The number of hydrogen-bond acceptors (Lipinski definition) is 3. The Labute approximate surface area is 81.4 Å². The van der Waals surface area contributed by atoms with E-state index in [1.54, 1.807) is 0 Å². The summed E-state index contributed by atoms with van der Waals surface area (Å²) in [4.78, 5) is 10.8. The maximum atomic E-state index is 10.8. The first-order chi connectivity index (χ1) is 6.57. The SMILES string of the molecule is CCCc1c(C(=O)O)ccc(O)c1O. The van der Waals surface area contributed by atoms with E-state index in [0.29, 0.717) is 18.4 Å². The van der Waals surface area contributed by atoms with Crippen molar-refractivity contribution in [2.24, 2.45) is 0 Å². The molecule has 0 bridgehead atoms. The third-order valence-corrected chi connectivity index (χ3v) is 1.99. The van der Waals surface area contributed by atoms with Gasteiger partial charge in [-0.1, -0.05) is 13.3 Å². The van der Waals surface area contributed by atoms with Crippen LogP contribution in [0.2, 0.25) is 0 Å². The van der Waals surface area contributed by atoms with Crippen molar-refractivity contribution in [2.75, 3.05) is 0 Å². The molecule has 4 heteroatoms. The van der Waals surface area contributed by atoms with Gasteiger partial charge in [0, 0.05) is 5.56 Å². The molecule has 0 saturated carbocycles. The highest BCUT2D eigenvalue weighted by molar-refractivity contribution is 5.90. The monoisotopic (exact) mass is 196 g/mol. The Kier molecular flexibility index (Phi) is 2.96. The number of hydrogen-bond donors (Lipinski definition) is 3. The fraction of sp³-hybridized carbons (Fsp3) is 0.300. The van der Waals surface area contributed by atoms with E-state index in [9.17, 15) is 15.0 Å². The Morgan fingerprint density at radius 2 is 2.00 bits per heavy atom. The largest absolute Gasteiger partial charge is 0.504 e. The lowest BCUT2D eigenvalue weighted by atomic mass is 10.0. The first kappa shape index (κ1) is 10.4. The van der Waals surface area contributed by atoms with E-state index in [1.807, 2.05) is 6.92 Å². The molecule has 14 heavy (non-hydrogen) atoms. The third kappa shape index (κ3) is 1.79. The van der Waals surface area contributed by atoms with Crippen molar-refractivity contribution in [3.8, 4) is 11.5 Å². The van der Waals surface area contributed by atoms with E-state index in [0.717, 1.165) is 0 Å². The lowest BCUT2D eigenvalue weighted by Crippen LogP contribution is -2.02. The van der Waals surface area contributed by atoms with Crippen molar-refractivity contribution in [1.82, 2.24) is 0 Å². The predicted molar refractivity (Wildman–Crippen MR) is 50.7 cm³/mol. The molecule has 0 aliphatic rings. The average molecular weight is 196 g/mol. The molecule has 3 N–H and O–H groups in total. The Hall–Kier alpha value is -1.71. The smallest absolute Gasteiger partial charge is 0.336 e. The second-order valence-electron chi connectivity index (χ2n) is 3.01. The maximum absolute atomic E-state index is 10.8. The van der Waals surface area contributed by atoms with Crippen LogP contribution in [-0.2, 0) is 6.42 Å². The molecule has 0 saturated heterocycles. The molecule has 0 atom stereocenters. The molecule has 76 valence electrons. The summed E-state index contributed by atoms with van der Waals surface area (Å²) in [6.45, 7) is 1.87. The summed E-state index contributed by atoms with van der Waals surface area (Å²) < 4.78 is 0. The number of carboxylic acid groups (broad SMARTS) is 1. The van der Waals surface area contributed by atoms with Gasteiger partial charge in [0.15, 0.2) is 11.5 Å². The number of aromatic hydroxyl groups is 2. The molecule has 0 aliphatic carbocycles. The minimum Gasteiger partial charge on any atom is -0.504 e. The van der Waals surface area contributed by atoms with Crippen LogP contribution in [0.4, 0.5) is 0 Å². The van der Waals surface area contributed by atoms with E-state index in [1.165, 1.54) is 12.1 Å². The maximum Gasteiger partial charge on any atom is 0.336 e. The zero-order valence-electron chi connectivity index (χ0n) is 7.82. The summed E-state index contributed by atoms with van der Waals surface area (Å²) in [5.41, 5.74) is 0.335. The van der Waals surface area contributed by atoms with E-state index >= 15 is 0 Å². The number of phenols is 2. The lowest BCUT2D eigenvalue weighted by molar-refractivity contribution is 0.0695. The van der Waals surface area contributed by atoms with Crippen LogP contribution in [0.1, 0.15) is 29.3 Å². The molecule has 0 heterocycles. The van der Waals surface area contributed by atoms with E-state index in [4.69, 9.17) is 5.11 Å². The van der Waals surface area contributed by atoms with Crippen molar-refractivity contribution in [3.63, 3.8) is 0 Å². The Bertz CT molecular complexity index is 357. The van der Waals surface area contributed by atoms with Gasteiger partial charge in [0.25, 0.3) is 0 Å². The molecule has 0 spiro atoms. The number of carbonyl (C=O) groups is 1. The van der Waals surface area contributed by atoms with Crippen LogP contribution in [0.25, 0.3) is 0 Å². The minimum absolute atomic E-state index is 0.0437. The van der Waals surface area contributed by atoms with Gasteiger partial charge in [-0.3, -0.25) is 0 Å². The molecule has 1 rings (SSSR count). The summed E-state index contributed by atoms with van der Waals surface area (Å²) >= 11 is 0. The van der Waals surface area contributed by atoms with Gasteiger partial charge in [-0.25, -0.2) is 4.79 Å². The summed E-state index contributed by atoms with van der Waals surface area (Å²) in [7, 11) is 0. The summed E-state index contributed by atoms with van der Waals surface area (Å²) in [6.07, 6.45) is 1.14. The number of phenolic OH excluding ortho intramolecular Hbond substituents is 2. The van der Waals surface area contributed by atoms with Crippen LogP contribution < -0.4 is 0 Å². The normalized spacial score (nSPS) is 10.1. The highest BCUT2D eigenvalue weighted by Crippen LogP contribution is 2.32. The molecule has 4 nitrogen and oxygen atoms in total. The molecular formula is C10H12O4. The first-order valence-electron chi connectivity index (χ1n) is 4.35. The van der Waals surface area contributed by atoms with Gasteiger partial charge < -0.3 is 15.3 Å². The van der Waals surface area contributed by atoms with Crippen LogP contribution in [0.5, 0.6) is 11.5 Å². The molecule has 1 aromatic carbocycles. The van der Waals surface area contributed by atoms with E-state index in [2.05, 4.69) is 0 Å². The van der Waals surface area contributed by atoms with Gasteiger partial charge in [-0.2, -0.15) is 0 Å². The van der Waals surface area contributed by atoms with Crippen molar-refractivity contribution < 1.29 is 20.1 Å². The number of benzene rings is 1. The lowest BCUT2D eigenvalue weighted by Gasteiger charge is -2.08. The standard InChI is InChI=1S/C10H12O4/c1-2-3-6-7(10(13)14)4-5-8(11)9(6)12/h4-5,11-12H,2-3H2,1H3,(H,13,14). The van der Waals surface area contributed by atoms with Gasteiger partial charge >= 0.3 is 5.97 Å². The van der Waals surface area contributed by atoms with Gasteiger partial charge in [0.2, 0.25) is 0 Å². The minimum atomic E-state index is -1.09. The Morgan fingerprint density at radius 3 is 2.50 bits per heavy atom. The Balaban J connectivity index is 3.29. The molecular weight excluding hydrogens is 184 g/mol. The van der Waals surface area contributed by atoms with Crippen LogP contribution in [0, 0.1) is 0 Å². The van der Waals surface area contributed by atoms with Gasteiger partial charge in [-0.15, -0.1) is 0 Å². The second-order valence-corrected chi connectivity index (χ2v) is 3.01. The molecule has 0 fully saturated rings. The predicted octanol–water partition coefficient (Wildman–Crippen LogP) is 1.75. The highest BCUT2D eigenvalue weighted by Gasteiger charge is 2.15. The fourth-order valence-corrected chi connectivity index (χ4v) is 1.33. The van der Waals surface area contributed by atoms with Crippen LogP contribution >= 0.6 is 0 Å². The molecule has 1 aromatic rings. The van der Waals surface area contributed by atoms with Crippen LogP contribution in [-0.4, -0.2) is 21.3 Å². The van der Waals surface area contributed by atoms with Gasteiger partial charge in [0.1, 0.15) is 0 Å². The summed E-state index contributed by atoms with van der Waals surface area (Å²) in [5, 5.41) is 27.4. The molecule has 0 aromatic heterocycles. The van der Waals surface area contributed by atoms with E-state index in [-0.39, 0.29) is 17.1 Å². The fourth-order valence-electron chi connectivity index (χ4n) is 1.33. The van der Waals surface area contributed by atoms with Crippen molar-refractivity contribution in [3.05, 3.63) is 23.3 Å². The number of aromatic carboxylic acids is 1. The Morgan fingerprint density at radius 1 is 1.36 bits per heavy atom. The average Bonchev–Trinajstić information content (AvgIpc) is 2.13. The van der Waals surface area contributed by atoms with Crippen LogP contribution in [0.3, 0.4) is 0 Å².